The molecule has 3 aromatic carbocycles. The summed E-state index contributed by atoms with van der Waals surface area (Å²) < 4.78 is 7.95. The standard InChI is InChI=1S/C21H18Br2N2O/c22-19-7-1-16(2-8-19)13-24-25-14-17-5-11-21(12-6-17)26-15-18-3-9-20(23)10-4-18/h1-12,14,24H,13,15H2. The third-order valence-electron chi connectivity index (χ3n) is 3.70. The van der Waals surface area contributed by atoms with Crippen molar-refractivity contribution in [1.82, 2.24) is 5.43 Å². The lowest BCUT2D eigenvalue weighted by molar-refractivity contribution is 0.306. The average molecular weight is 474 g/mol. The zero-order valence-corrected chi connectivity index (χ0v) is 17.2. The van der Waals surface area contributed by atoms with Crippen LogP contribution in [0.25, 0.3) is 0 Å². The Morgan fingerprint density at radius 3 is 1.96 bits per heavy atom. The normalized spacial score (nSPS) is 10.8. The summed E-state index contributed by atoms with van der Waals surface area (Å²) in [5.41, 5.74) is 6.39. The highest BCUT2D eigenvalue weighted by atomic mass is 79.9. The lowest BCUT2D eigenvalue weighted by Crippen LogP contribution is -2.05. The average Bonchev–Trinajstić information content (AvgIpc) is 2.67. The van der Waals surface area contributed by atoms with Crippen molar-refractivity contribution in [2.75, 3.05) is 0 Å². The van der Waals surface area contributed by atoms with Crippen molar-refractivity contribution in [3.05, 3.63) is 98.4 Å². The van der Waals surface area contributed by atoms with Crippen LogP contribution in [0.3, 0.4) is 0 Å². The number of rotatable bonds is 7. The summed E-state index contributed by atoms with van der Waals surface area (Å²) in [6.07, 6.45) is 1.80. The van der Waals surface area contributed by atoms with Gasteiger partial charge in [0.2, 0.25) is 0 Å². The van der Waals surface area contributed by atoms with Crippen LogP contribution in [0.2, 0.25) is 0 Å². The summed E-state index contributed by atoms with van der Waals surface area (Å²) in [6, 6.07) is 24.2. The molecule has 0 aliphatic carbocycles. The van der Waals surface area contributed by atoms with Gasteiger partial charge in [0.25, 0.3) is 0 Å². The van der Waals surface area contributed by atoms with E-state index in [0.717, 1.165) is 25.8 Å². The topological polar surface area (TPSA) is 33.6 Å². The Morgan fingerprint density at radius 2 is 1.35 bits per heavy atom. The Hall–Kier alpha value is -2.11. The van der Waals surface area contributed by atoms with Gasteiger partial charge in [0.1, 0.15) is 12.4 Å². The molecule has 3 nitrogen and oxygen atoms in total. The number of halogens is 2. The lowest BCUT2D eigenvalue weighted by Gasteiger charge is -2.06. The number of nitrogens with zero attached hydrogens (tertiary/aromatic N) is 1. The number of hydrogen-bond donors (Lipinski definition) is 1. The van der Waals surface area contributed by atoms with E-state index in [4.69, 9.17) is 4.74 Å². The van der Waals surface area contributed by atoms with E-state index in [0.29, 0.717) is 13.2 Å². The molecule has 0 bridgehead atoms. The first-order chi connectivity index (χ1) is 12.7. The molecule has 26 heavy (non-hydrogen) atoms. The summed E-state index contributed by atoms with van der Waals surface area (Å²) in [6.45, 7) is 1.24. The van der Waals surface area contributed by atoms with E-state index in [1.54, 1.807) is 6.21 Å². The Balaban J connectivity index is 1.46. The molecule has 0 amide bonds. The van der Waals surface area contributed by atoms with Crippen molar-refractivity contribution >= 4 is 38.1 Å². The van der Waals surface area contributed by atoms with E-state index in [1.165, 1.54) is 5.56 Å². The molecule has 0 atom stereocenters. The van der Waals surface area contributed by atoms with Gasteiger partial charge in [-0.2, -0.15) is 5.10 Å². The first-order valence-electron chi connectivity index (χ1n) is 8.17. The minimum absolute atomic E-state index is 0.551. The highest BCUT2D eigenvalue weighted by Crippen LogP contribution is 2.15. The predicted octanol–water partition coefficient (Wildman–Crippen LogP) is 5.91. The van der Waals surface area contributed by atoms with Crippen molar-refractivity contribution in [2.45, 2.75) is 13.2 Å². The monoisotopic (exact) mass is 472 g/mol. The van der Waals surface area contributed by atoms with Crippen LogP contribution >= 0.6 is 31.9 Å². The van der Waals surface area contributed by atoms with E-state index < -0.39 is 0 Å². The van der Waals surface area contributed by atoms with Gasteiger partial charge in [-0.25, -0.2) is 0 Å². The van der Waals surface area contributed by atoms with Crippen molar-refractivity contribution in [3.63, 3.8) is 0 Å². The number of hydrogen-bond acceptors (Lipinski definition) is 3. The molecule has 0 aromatic heterocycles. The van der Waals surface area contributed by atoms with Gasteiger partial charge in [-0.3, -0.25) is 0 Å². The van der Waals surface area contributed by atoms with E-state index in [-0.39, 0.29) is 0 Å². The van der Waals surface area contributed by atoms with Crippen LogP contribution in [-0.2, 0) is 13.2 Å². The van der Waals surface area contributed by atoms with Crippen molar-refractivity contribution in [3.8, 4) is 5.75 Å². The molecule has 0 radical (unpaired) electrons. The Morgan fingerprint density at radius 1 is 0.769 bits per heavy atom. The first kappa shape index (κ1) is 18.7. The molecule has 1 N–H and O–H groups in total. The minimum atomic E-state index is 0.551. The van der Waals surface area contributed by atoms with Crippen molar-refractivity contribution in [2.24, 2.45) is 5.10 Å². The van der Waals surface area contributed by atoms with E-state index in [1.807, 2.05) is 60.7 Å². The highest BCUT2D eigenvalue weighted by molar-refractivity contribution is 9.10. The van der Waals surface area contributed by atoms with Gasteiger partial charge < -0.3 is 10.2 Å². The Bertz CT molecular complexity index is 845. The van der Waals surface area contributed by atoms with E-state index in [2.05, 4.69) is 54.5 Å². The summed E-state index contributed by atoms with van der Waals surface area (Å²) in [4.78, 5) is 0. The van der Waals surface area contributed by atoms with Crippen LogP contribution in [0, 0.1) is 0 Å². The van der Waals surface area contributed by atoms with Gasteiger partial charge in [-0.15, -0.1) is 0 Å². The largest absolute Gasteiger partial charge is 0.489 e. The Kier molecular flexibility index (Phi) is 6.86. The summed E-state index contributed by atoms with van der Waals surface area (Å²) in [5.74, 6) is 0.841. The molecule has 0 aliphatic rings. The molecule has 3 aromatic rings. The van der Waals surface area contributed by atoms with Crippen LogP contribution in [0.1, 0.15) is 16.7 Å². The van der Waals surface area contributed by atoms with Gasteiger partial charge in [-0.1, -0.05) is 56.1 Å². The number of nitrogens with one attached hydrogen (secondary N) is 1. The predicted molar refractivity (Wildman–Crippen MR) is 113 cm³/mol. The molecular formula is C21H18Br2N2O. The molecule has 132 valence electrons. The molecule has 0 unspecified atom stereocenters. The second kappa shape index (κ2) is 9.55. The second-order valence-electron chi connectivity index (χ2n) is 5.70. The molecule has 3 rings (SSSR count). The lowest BCUT2D eigenvalue weighted by atomic mass is 10.2. The first-order valence-corrected chi connectivity index (χ1v) is 9.75. The van der Waals surface area contributed by atoms with E-state index in [9.17, 15) is 0 Å². The fraction of sp³-hybridized carbons (Fsp3) is 0.0952. The maximum atomic E-state index is 5.80. The molecule has 0 heterocycles. The van der Waals surface area contributed by atoms with Gasteiger partial charge >= 0.3 is 0 Å². The van der Waals surface area contributed by atoms with Gasteiger partial charge in [0.15, 0.2) is 0 Å². The summed E-state index contributed by atoms with van der Waals surface area (Å²) >= 11 is 6.86. The number of hydrazone groups is 1. The van der Waals surface area contributed by atoms with Crippen LogP contribution in [-0.4, -0.2) is 6.21 Å². The quantitative estimate of drug-likeness (QED) is 0.341. The van der Waals surface area contributed by atoms with Gasteiger partial charge in [0, 0.05) is 8.95 Å². The molecule has 0 saturated carbocycles. The van der Waals surface area contributed by atoms with Crippen LogP contribution < -0.4 is 10.2 Å². The highest BCUT2D eigenvalue weighted by Gasteiger charge is 1.97. The number of benzene rings is 3. The van der Waals surface area contributed by atoms with E-state index >= 15 is 0 Å². The van der Waals surface area contributed by atoms with Gasteiger partial charge in [-0.05, 0) is 65.2 Å². The zero-order valence-electron chi connectivity index (χ0n) is 14.0. The fourth-order valence-corrected chi connectivity index (χ4v) is 2.79. The van der Waals surface area contributed by atoms with Crippen LogP contribution in [0.15, 0.2) is 86.8 Å². The third kappa shape index (κ3) is 6.00. The minimum Gasteiger partial charge on any atom is -0.489 e. The Labute approximate surface area is 170 Å². The smallest absolute Gasteiger partial charge is 0.119 e. The molecule has 0 spiro atoms. The van der Waals surface area contributed by atoms with Crippen molar-refractivity contribution in [1.29, 1.82) is 0 Å². The summed E-state index contributed by atoms with van der Waals surface area (Å²) in [7, 11) is 0. The third-order valence-corrected chi connectivity index (χ3v) is 4.76. The fourth-order valence-electron chi connectivity index (χ4n) is 2.26. The second-order valence-corrected chi connectivity index (χ2v) is 7.54. The number of ether oxygens (including phenoxy) is 1. The van der Waals surface area contributed by atoms with Crippen LogP contribution in [0.5, 0.6) is 5.75 Å². The maximum Gasteiger partial charge on any atom is 0.119 e. The molecule has 0 aliphatic heterocycles. The van der Waals surface area contributed by atoms with Crippen molar-refractivity contribution < 1.29 is 4.74 Å². The molecule has 5 heteroatoms. The van der Waals surface area contributed by atoms with Gasteiger partial charge in [0.05, 0.1) is 12.8 Å². The zero-order chi connectivity index (χ0) is 18.2. The molecule has 0 saturated heterocycles. The summed E-state index contributed by atoms with van der Waals surface area (Å²) in [5, 5.41) is 4.26. The maximum absolute atomic E-state index is 5.80. The SMILES string of the molecule is Brc1ccc(CNN=Cc2ccc(OCc3ccc(Br)cc3)cc2)cc1. The molecular weight excluding hydrogens is 456 g/mol. The molecule has 0 fully saturated rings. The van der Waals surface area contributed by atoms with Crippen LogP contribution in [0.4, 0.5) is 0 Å².